The summed E-state index contributed by atoms with van der Waals surface area (Å²) in [7, 11) is 0. The molecule has 1 unspecified atom stereocenters. The van der Waals surface area contributed by atoms with Gasteiger partial charge in [0.2, 0.25) is 0 Å². The Hall–Kier alpha value is -2.46. The number of nitrogens with zero attached hydrogens (tertiary/aromatic N) is 1. The molecule has 30 heavy (non-hydrogen) atoms. The van der Waals surface area contributed by atoms with Crippen LogP contribution in [0.25, 0.3) is 22.6 Å². The van der Waals surface area contributed by atoms with Crippen molar-refractivity contribution in [2.75, 3.05) is 0 Å². The quantitative estimate of drug-likeness (QED) is 0.443. The van der Waals surface area contributed by atoms with Crippen LogP contribution in [0.4, 0.5) is 0 Å². The van der Waals surface area contributed by atoms with Crippen molar-refractivity contribution in [3.63, 3.8) is 0 Å². The highest BCUT2D eigenvalue weighted by atomic mass is 79.9. The third-order valence-electron chi connectivity index (χ3n) is 6.68. The molecule has 0 fully saturated rings. The zero-order chi connectivity index (χ0) is 21.5. The second-order valence-corrected chi connectivity index (χ2v) is 9.63. The summed E-state index contributed by atoms with van der Waals surface area (Å²) in [4.78, 5) is 17.3. The third-order valence-corrected chi connectivity index (χ3v) is 7.40. The fourth-order valence-electron chi connectivity index (χ4n) is 4.39. The van der Waals surface area contributed by atoms with Gasteiger partial charge >= 0.3 is 5.97 Å². The number of para-hydroxylation sites is 1. The van der Waals surface area contributed by atoms with Crippen LogP contribution in [0.5, 0.6) is 0 Å². The molecule has 3 aromatic rings. The summed E-state index contributed by atoms with van der Waals surface area (Å²) >= 11 is 3.65. The van der Waals surface area contributed by atoms with E-state index in [1.54, 1.807) is 0 Å². The number of fused-ring (bicyclic) bond motifs is 2. The Morgan fingerprint density at radius 2 is 1.87 bits per heavy atom. The Balaban J connectivity index is 2.01. The smallest absolute Gasteiger partial charge is 0.336 e. The van der Waals surface area contributed by atoms with E-state index in [2.05, 4.69) is 48.8 Å². The van der Waals surface area contributed by atoms with Gasteiger partial charge in [-0.25, -0.2) is 9.78 Å². The minimum absolute atomic E-state index is 0.103. The summed E-state index contributed by atoms with van der Waals surface area (Å²) in [5.74, 6) is -0.523. The fourth-order valence-corrected chi connectivity index (χ4v) is 4.79. The van der Waals surface area contributed by atoms with Crippen molar-refractivity contribution in [3.8, 4) is 0 Å². The lowest BCUT2D eigenvalue weighted by Gasteiger charge is -2.38. The molecule has 0 saturated carbocycles. The van der Waals surface area contributed by atoms with Gasteiger partial charge in [0.25, 0.3) is 0 Å². The van der Waals surface area contributed by atoms with Gasteiger partial charge in [-0.15, -0.1) is 0 Å². The first-order valence-electron chi connectivity index (χ1n) is 10.4. The lowest BCUT2D eigenvalue weighted by Crippen LogP contribution is -2.30. The van der Waals surface area contributed by atoms with E-state index in [1.165, 1.54) is 0 Å². The molecule has 1 atom stereocenters. The minimum Gasteiger partial charge on any atom is -0.478 e. The predicted octanol–water partition coefficient (Wildman–Crippen LogP) is 7.23. The van der Waals surface area contributed by atoms with Gasteiger partial charge in [0.1, 0.15) is 0 Å². The highest BCUT2D eigenvalue weighted by Gasteiger charge is 2.36. The maximum absolute atomic E-state index is 12.4. The summed E-state index contributed by atoms with van der Waals surface area (Å²) in [6.45, 7) is 6.78. The molecular weight excluding hydrogens is 438 g/mol. The number of carbonyl (C=O) groups is 1. The number of pyridine rings is 1. The molecule has 2 aromatic carbocycles. The molecule has 3 nitrogen and oxygen atoms in total. The summed E-state index contributed by atoms with van der Waals surface area (Å²) in [5, 5.41) is 10.9. The van der Waals surface area contributed by atoms with Crippen LogP contribution in [0.3, 0.4) is 0 Å². The zero-order valence-electron chi connectivity index (χ0n) is 17.6. The van der Waals surface area contributed by atoms with E-state index in [0.717, 1.165) is 57.0 Å². The van der Waals surface area contributed by atoms with Crippen LogP contribution in [0, 0.1) is 11.3 Å². The highest BCUT2D eigenvalue weighted by molar-refractivity contribution is 9.10. The predicted molar refractivity (Wildman–Crippen MR) is 127 cm³/mol. The van der Waals surface area contributed by atoms with Gasteiger partial charge in [-0.2, -0.15) is 0 Å². The van der Waals surface area contributed by atoms with Crippen LogP contribution >= 0.6 is 15.9 Å². The SMILES string of the molecule is CCC(C)(C)C1C/C(=C\c2ccccc2Br)c2nc3ccccc3c(C(=O)O)c2C1. The second-order valence-electron chi connectivity index (χ2n) is 8.77. The standard InChI is InChI=1S/C26H26BrNO2/c1-4-26(2,3)18-14-17(13-16-9-5-7-11-21(16)27)24-20(15-18)23(25(29)30)19-10-6-8-12-22(19)28-24/h5-13,18H,4,14-15H2,1-3H3,(H,29,30)/b17-13+. The molecule has 0 spiro atoms. The van der Waals surface area contributed by atoms with Gasteiger partial charge in [-0.1, -0.05) is 79.5 Å². The normalized spacial score (nSPS) is 17.9. The average molecular weight is 464 g/mol. The fraction of sp³-hybridized carbons (Fsp3) is 0.308. The number of allylic oxidation sites excluding steroid dienone is 1. The first-order chi connectivity index (χ1) is 14.3. The molecule has 0 aliphatic heterocycles. The third kappa shape index (κ3) is 3.69. The van der Waals surface area contributed by atoms with Crippen LogP contribution in [0.15, 0.2) is 53.0 Å². The first-order valence-corrected chi connectivity index (χ1v) is 11.2. The van der Waals surface area contributed by atoms with Crippen LogP contribution in [0.1, 0.15) is 60.8 Å². The summed E-state index contributed by atoms with van der Waals surface area (Å²) < 4.78 is 1.02. The van der Waals surface area contributed by atoms with E-state index < -0.39 is 5.97 Å². The Bertz CT molecular complexity index is 1160. The molecule has 1 heterocycles. The summed E-state index contributed by atoms with van der Waals surface area (Å²) in [6, 6.07) is 15.7. The molecule has 1 N–H and O–H groups in total. The van der Waals surface area contributed by atoms with Gasteiger partial charge in [-0.3, -0.25) is 0 Å². The molecule has 0 bridgehead atoms. The van der Waals surface area contributed by atoms with Crippen molar-refractivity contribution in [2.45, 2.75) is 40.0 Å². The lowest BCUT2D eigenvalue weighted by atomic mass is 9.67. The average Bonchev–Trinajstić information content (AvgIpc) is 2.73. The number of benzene rings is 2. The van der Waals surface area contributed by atoms with Gasteiger partial charge in [0, 0.05) is 9.86 Å². The number of rotatable bonds is 4. The van der Waals surface area contributed by atoms with E-state index in [1.807, 2.05) is 42.5 Å². The van der Waals surface area contributed by atoms with Crippen molar-refractivity contribution in [2.24, 2.45) is 11.3 Å². The molecule has 154 valence electrons. The number of hydrogen-bond donors (Lipinski definition) is 1. The van der Waals surface area contributed by atoms with Crippen LogP contribution in [0.2, 0.25) is 0 Å². The molecule has 4 rings (SSSR count). The molecule has 0 radical (unpaired) electrons. The van der Waals surface area contributed by atoms with E-state index in [9.17, 15) is 9.90 Å². The van der Waals surface area contributed by atoms with Crippen molar-refractivity contribution in [3.05, 3.63) is 75.4 Å². The molecular formula is C26H26BrNO2. The highest BCUT2D eigenvalue weighted by Crippen LogP contribution is 2.46. The van der Waals surface area contributed by atoms with E-state index >= 15 is 0 Å². The van der Waals surface area contributed by atoms with Gasteiger partial charge in [-0.05, 0) is 59.1 Å². The van der Waals surface area contributed by atoms with Crippen LogP contribution in [-0.4, -0.2) is 16.1 Å². The maximum Gasteiger partial charge on any atom is 0.336 e. The number of aromatic nitrogens is 1. The van der Waals surface area contributed by atoms with Gasteiger partial charge < -0.3 is 5.11 Å². The molecule has 0 amide bonds. The summed E-state index contributed by atoms with van der Waals surface area (Å²) in [6.07, 6.45) is 4.84. The van der Waals surface area contributed by atoms with E-state index in [0.29, 0.717) is 11.5 Å². The van der Waals surface area contributed by atoms with Gasteiger partial charge in [0.05, 0.1) is 16.8 Å². The lowest BCUT2D eigenvalue weighted by molar-refractivity contribution is 0.0696. The van der Waals surface area contributed by atoms with Crippen LogP contribution in [-0.2, 0) is 6.42 Å². The van der Waals surface area contributed by atoms with Crippen molar-refractivity contribution >= 4 is 44.5 Å². The number of aromatic carboxylic acids is 1. The summed E-state index contributed by atoms with van der Waals surface area (Å²) in [5.41, 5.74) is 5.15. The molecule has 0 saturated heterocycles. The molecule has 1 aromatic heterocycles. The number of hydrogen-bond acceptors (Lipinski definition) is 2. The molecule has 1 aliphatic carbocycles. The molecule has 4 heteroatoms. The maximum atomic E-state index is 12.4. The minimum atomic E-state index is -0.875. The van der Waals surface area contributed by atoms with Crippen molar-refractivity contribution < 1.29 is 9.90 Å². The van der Waals surface area contributed by atoms with E-state index in [-0.39, 0.29) is 5.41 Å². The van der Waals surface area contributed by atoms with Crippen molar-refractivity contribution in [1.29, 1.82) is 0 Å². The number of halogens is 1. The Kier molecular flexibility index (Phi) is 5.54. The Morgan fingerprint density at radius 1 is 1.17 bits per heavy atom. The second kappa shape index (κ2) is 7.99. The first kappa shape index (κ1) is 20.8. The Labute approximate surface area is 186 Å². The Morgan fingerprint density at radius 3 is 2.57 bits per heavy atom. The van der Waals surface area contributed by atoms with Crippen LogP contribution < -0.4 is 0 Å². The van der Waals surface area contributed by atoms with E-state index in [4.69, 9.17) is 4.98 Å². The number of carboxylic acids is 1. The topological polar surface area (TPSA) is 50.2 Å². The monoisotopic (exact) mass is 463 g/mol. The zero-order valence-corrected chi connectivity index (χ0v) is 19.2. The van der Waals surface area contributed by atoms with Crippen molar-refractivity contribution in [1.82, 2.24) is 4.98 Å². The molecule has 1 aliphatic rings. The number of carboxylic acid groups (broad SMARTS) is 1. The van der Waals surface area contributed by atoms with Gasteiger partial charge in [0.15, 0.2) is 0 Å². The largest absolute Gasteiger partial charge is 0.478 e.